The second-order valence-electron chi connectivity index (χ2n) is 4.34. The van der Waals surface area contributed by atoms with E-state index in [0.717, 1.165) is 0 Å². The van der Waals surface area contributed by atoms with Crippen molar-refractivity contribution in [1.82, 2.24) is 5.16 Å². The van der Waals surface area contributed by atoms with Gasteiger partial charge in [-0.25, -0.2) is 0 Å². The zero-order chi connectivity index (χ0) is 14.8. The molecule has 1 atom stereocenters. The van der Waals surface area contributed by atoms with E-state index in [4.69, 9.17) is 23.2 Å². The van der Waals surface area contributed by atoms with E-state index in [9.17, 15) is 9.59 Å². The maximum absolute atomic E-state index is 12.4. The molecule has 0 N–H and O–H groups in total. The Morgan fingerprint density at radius 2 is 2.00 bits per heavy atom. The van der Waals surface area contributed by atoms with Crippen LogP contribution < -0.4 is 0 Å². The van der Waals surface area contributed by atoms with Crippen LogP contribution in [0.5, 0.6) is 0 Å². The Bertz CT molecular complexity index is 640. The van der Waals surface area contributed by atoms with Gasteiger partial charge in [-0.2, -0.15) is 0 Å². The molecule has 0 fully saturated rings. The van der Waals surface area contributed by atoms with E-state index in [0.29, 0.717) is 10.6 Å². The van der Waals surface area contributed by atoms with Gasteiger partial charge in [-0.1, -0.05) is 35.0 Å². The number of carbonyl (C=O) groups is 2. The minimum absolute atomic E-state index is 0.00471. The summed E-state index contributed by atoms with van der Waals surface area (Å²) in [6.45, 7) is 1.27. The summed E-state index contributed by atoms with van der Waals surface area (Å²) in [5, 5.41) is 3.99. The molecule has 20 heavy (non-hydrogen) atoms. The van der Waals surface area contributed by atoms with Crippen LogP contribution in [0.2, 0.25) is 5.02 Å². The average molecular weight is 312 g/mol. The van der Waals surface area contributed by atoms with Crippen LogP contribution in [-0.2, 0) is 11.2 Å². The van der Waals surface area contributed by atoms with Crippen LogP contribution in [0.3, 0.4) is 0 Å². The van der Waals surface area contributed by atoms with E-state index in [1.54, 1.807) is 24.3 Å². The minimum Gasteiger partial charge on any atom is -0.364 e. The van der Waals surface area contributed by atoms with E-state index < -0.39 is 16.4 Å². The van der Waals surface area contributed by atoms with Crippen molar-refractivity contribution in [3.8, 4) is 0 Å². The highest BCUT2D eigenvalue weighted by Gasteiger charge is 2.43. The number of ketones is 2. The molecule has 0 aliphatic heterocycles. The lowest BCUT2D eigenvalue weighted by Gasteiger charge is -2.22. The number of hydrogen-bond donors (Lipinski definition) is 0. The van der Waals surface area contributed by atoms with E-state index in [1.165, 1.54) is 19.3 Å². The molecule has 2 rings (SSSR count). The van der Waals surface area contributed by atoms with Crippen LogP contribution in [0.15, 0.2) is 41.1 Å². The summed E-state index contributed by atoms with van der Waals surface area (Å²) in [6, 6.07) is 8.29. The summed E-state index contributed by atoms with van der Waals surface area (Å²) in [5.74, 6) is -1.06. The van der Waals surface area contributed by atoms with Gasteiger partial charge in [0, 0.05) is 17.5 Å². The third-order valence-corrected chi connectivity index (χ3v) is 3.92. The summed E-state index contributed by atoms with van der Waals surface area (Å²) in [6.07, 6.45) is 1.25. The van der Waals surface area contributed by atoms with Crippen LogP contribution >= 0.6 is 23.2 Å². The van der Waals surface area contributed by atoms with Gasteiger partial charge in [-0.05, 0) is 18.6 Å². The Kier molecular flexibility index (Phi) is 4.26. The molecule has 0 radical (unpaired) electrons. The zero-order valence-corrected chi connectivity index (χ0v) is 12.1. The fourth-order valence-corrected chi connectivity index (χ4v) is 2.24. The monoisotopic (exact) mass is 311 g/mol. The number of hydrogen-bond acceptors (Lipinski definition) is 4. The summed E-state index contributed by atoms with van der Waals surface area (Å²) < 4.78 is 4.62. The maximum atomic E-state index is 12.4. The van der Waals surface area contributed by atoms with Crippen molar-refractivity contribution in [3.63, 3.8) is 0 Å². The molecule has 1 heterocycles. The van der Waals surface area contributed by atoms with Crippen molar-refractivity contribution in [1.29, 1.82) is 0 Å². The molecule has 2 aromatic rings. The Balaban J connectivity index is 2.38. The number of benzene rings is 1. The minimum atomic E-state index is -1.73. The number of Topliss-reactive ketones (excluding diaryl/α,β-unsaturated/α-hetero) is 2. The van der Waals surface area contributed by atoms with E-state index in [1.807, 2.05) is 0 Å². The molecule has 0 saturated heterocycles. The number of halogens is 2. The first kappa shape index (κ1) is 14.8. The molecular formula is C14H11Cl2NO3. The van der Waals surface area contributed by atoms with Gasteiger partial charge < -0.3 is 4.52 Å². The van der Waals surface area contributed by atoms with E-state index >= 15 is 0 Å². The SMILES string of the molecule is CC(=O)C(Cl)(Cc1ccccc1Cl)C(=O)c1ccon1. The fraction of sp³-hybridized carbons (Fsp3) is 0.214. The molecule has 0 spiro atoms. The molecule has 6 heteroatoms. The van der Waals surface area contributed by atoms with Gasteiger partial charge in [0.05, 0.1) is 0 Å². The Morgan fingerprint density at radius 3 is 2.55 bits per heavy atom. The third kappa shape index (κ3) is 2.76. The summed E-state index contributed by atoms with van der Waals surface area (Å²) in [4.78, 5) is 22.5. The molecule has 0 saturated carbocycles. The lowest BCUT2D eigenvalue weighted by molar-refractivity contribution is -0.118. The first-order chi connectivity index (χ1) is 9.45. The number of alkyl halides is 1. The predicted molar refractivity (Wildman–Crippen MR) is 75.3 cm³/mol. The molecule has 1 aromatic carbocycles. The molecule has 4 nitrogen and oxygen atoms in total. The topological polar surface area (TPSA) is 60.2 Å². The predicted octanol–water partition coefficient (Wildman–Crippen LogP) is 3.32. The Labute approximate surface area is 125 Å². The lowest BCUT2D eigenvalue weighted by Crippen LogP contribution is -2.42. The molecule has 0 bridgehead atoms. The summed E-state index contributed by atoms with van der Waals surface area (Å²) in [7, 11) is 0. The van der Waals surface area contributed by atoms with Gasteiger partial charge >= 0.3 is 0 Å². The smallest absolute Gasteiger partial charge is 0.213 e. The van der Waals surface area contributed by atoms with Gasteiger partial charge in [0.15, 0.2) is 16.4 Å². The van der Waals surface area contributed by atoms with Crippen LogP contribution in [0, 0.1) is 0 Å². The van der Waals surface area contributed by atoms with Crippen molar-refractivity contribution in [2.75, 3.05) is 0 Å². The van der Waals surface area contributed by atoms with Crippen LogP contribution in [0.25, 0.3) is 0 Å². The number of carbonyl (C=O) groups excluding carboxylic acids is 2. The van der Waals surface area contributed by atoms with Crippen molar-refractivity contribution in [3.05, 3.63) is 52.9 Å². The van der Waals surface area contributed by atoms with Gasteiger partial charge in [-0.15, -0.1) is 11.6 Å². The van der Waals surface area contributed by atoms with E-state index in [-0.39, 0.29) is 12.1 Å². The van der Waals surface area contributed by atoms with Gasteiger partial charge in [0.2, 0.25) is 5.78 Å². The zero-order valence-electron chi connectivity index (χ0n) is 10.6. The van der Waals surface area contributed by atoms with E-state index in [2.05, 4.69) is 9.68 Å². The van der Waals surface area contributed by atoms with Crippen molar-refractivity contribution >= 4 is 34.8 Å². The van der Waals surface area contributed by atoms with Crippen LogP contribution in [-0.4, -0.2) is 21.6 Å². The maximum Gasteiger partial charge on any atom is 0.213 e. The quantitative estimate of drug-likeness (QED) is 0.483. The van der Waals surface area contributed by atoms with Crippen LogP contribution in [0.4, 0.5) is 0 Å². The highest BCUT2D eigenvalue weighted by molar-refractivity contribution is 6.48. The van der Waals surface area contributed by atoms with Crippen LogP contribution in [0.1, 0.15) is 23.0 Å². The summed E-state index contributed by atoms with van der Waals surface area (Å²) in [5.41, 5.74) is 0.637. The van der Waals surface area contributed by atoms with Crippen molar-refractivity contribution in [2.24, 2.45) is 0 Å². The number of rotatable bonds is 5. The highest BCUT2D eigenvalue weighted by atomic mass is 35.5. The van der Waals surface area contributed by atoms with Gasteiger partial charge in [0.1, 0.15) is 6.26 Å². The molecule has 1 aromatic heterocycles. The first-order valence-electron chi connectivity index (χ1n) is 5.83. The largest absolute Gasteiger partial charge is 0.364 e. The third-order valence-electron chi connectivity index (χ3n) is 2.98. The standard InChI is InChI=1S/C14H11Cl2NO3/c1-9(18)14(16,13(19)12-6-7-20-17-12)8-10-4-2-3-5-11(10)15/h2-7H,8H2,1H3. The Hall–Kier alpha value is -1.65. The van der Waals surface area contributed by atoms with Gasteiger partial charge in [0.25, 0.3) is 0 Å². The van der Waals surface area contributed by atoms with Gasteiger partial charge in [-0.3, -0.25) is 9.59 Å². The van der Waals surface area contributed by atoms with Crippen molar-refractivity contribution in [2.45, 2.75) is 18.2 Å². The second kappa shape index (κ2) is 5.77. The molecule has 0 aliphatic carbocycles. The summed E-state index contributed by atoms with van der Waals surface area (Å²) >= 11 is 12.3. The Morgan fingerprint density at radius 1 is 1.30 bits per heavy atom. The molecular weight excluding hydrogens is 301 g/mol. The highest BCUT2D eigenvalue weighted by Crippen LogP contribution is 2.29. The molecule has 0 aliphatic rings. The molecule has 0 amide bonds. The molecule has 104 valence electrons. The lowest BCUT2D eigenvalue weighted by atomic mass is 9.89. The second-order valence-corrected chi connectivity index (χ2v) is 5.39. The first-order valence-corrected chi connectivity index (χ1v) is 6.59. The fourth-order valence-electron chi connectivity index (χ4n) is 1.80. The number of aromatic nitrogens is 1. The number of nitrogens with zero attached hydrogens (tertiary/aromatic N) is 1. The average Bonchev–Trinajstić information content (AvgIpc) is 2.94. The molecule has 1 unspecified atom stereocenters. The normalized spacial score (nSPS) is 13.8. The van der Waals surface area contributed by atoms with Crippen molar-refractivity contribution < 1.29 is 14.1 Å².